The van der Waals surface area contributed by atoms with Gasteiger partial charge in [0.05, 0.1) is 6.10 Å². The largest absolute Gasteiger partial charge is 0.381 e. The Kier molecular flexibility index (Phi) is 2.48. The van der Waals surface area contributed by atoms with Gasteiger partial charge in [0.1, 0.15) is 0 Å². The first-order chi connectivity index (χ1) is 6.66. The molecule has 2 aliphatic rings. The van der Waals surface area contributed by atoms with E-state index >= 15 is 0 Å². The molecular weight excluding hydrogens is 176 g/mol. The molecule has 0 radical (unpaired) electrons. The zero-order valence-electron chi connectivity index (χ0n) is 9.01. The summed E-state index contributed by atoms with van der Waals surface area (Å²) in [4.78, 5) is 11.3. The van der Waals surface area contributed by atoms with Crippen molar-refractivity contribution in [2.75, 3.05) is 7.11 Å². The lowest BCUT2D eigenvalue weighted by Gasteiger charge is -2.44. The number of ether oxygens (including phenoxy) is 1. The zero-order chi connectivity index (χ0) is 10.2. The minimum absolute atomic E-state index is 0.140. The third-order valence-electron chi connectivity index (χ3n) is 3.87. The van der Waals surface area contributed by atoms with Gasteiger partial charge < -0.3 is 4.74 Å². The number of rotatable bonds is 1. The summed E-state index contributed by atoms with van der Waals surface area (Å²) in [6, 6.07) is 0. The maximum Gasteiger partial charge on any atom is 0.155 e. The average Bonchev–Trinajstić information content (AvgIpc) is 2.18. The SMILES string of the molecule is CO[C@H]1CCCC2=CC(=O)CC[C@@]21C. The Hall–Kier alpha value is -0.630. The third-order valence-corrected chi connectivity index (χ3v) is 3.87. The molecular formula is C12H18O2. The van der Waals surface area contributed by atoms with Crippen LogP contribution in [0.5, 0.6) is 0 Å². The van der Waals surface area contributed by atoms with Crippen LogP contribution in [-0.4, -0.2) is 19.0 Å². The molecule has 0 bridgehead atoms. The Balaban J connectivity index is 2.31. The first kappa shape index (κ1) is 9.91. The predicted octanol–water partition coefficient (Wildman–Crippen LogP) is 2.48. The fraction of sp³-hybridized carbons (Fsp3) is 0.750. The first-order valence-electron chi connectivity index (χ1n) is 5.43. The Morgan fingerprint density at radius 3 is 3.00 bits per heavy atom. The Bertz CT molecular complexity index is 280. The highest BCUT2D eigenvalue weighted by Gasteiger charge is 2.42. The van der Waals surface area contributed by atoms with Crippen molar-refractivity contribution in [3.05, 3.63) is 11.6 Å². The molecule has 2 heteroatoms. The van der Waals surface area contributed by atoms with Crippen LogP contribution in [0.25, 0.3) is 0 Å². The van der Waals surface area contributed by atoms with Crippen LogP contribution in [0.2, 0.25) is 0 Å². The molecule has 0 spiro atoms. The van der Waals surface area contributed by atoms with Gasteiger partial charge in [0, 0.05) is 18.9 Å². The van der Waals surface area contributed by atoms with Crippen LogP contribution in [0.1, 0.15) is 39.0 Å². The van der Waals surface area contributed by atoms with E-state index in [0.717, 1.165) is 25.7 Å². The lowest BCUT2D eigenvalue weighted by atomic mass is 9.64. The number of carbonyl (C=O) groups excluding carboxylic acids is 1. The molecule has 0 amide bonds. The summed E-state index contributed by atoms with van der Waals surface area (Å²) >= 11 is 0. The van der Waals surface area contributed by atoms with Gasteiger partial charge in [-0.25, -0.2) is 0 Å². The fourth-order valence-electron chi connectivity index (χ4n) is 2.87. The van der Waals surface area contributed by atoms with E-state index < -0.39 is 0 Å². The van der Waals surface area contributed by atoms with E-state index in [1.165, 1.54) is 5.57 Å². The van der Waals surface area contributed by atoms with Gasteiger partial charge >= 0.3 is 0 Å². The minimum atomic E-state index is 0.140. The second-order valence-electron chi connectivity index (χ2n) is 4.67. The number of carbonyl (C=O) groups is 1. The van der Waals surface area contributed by atoms with Crippen molar-refractivity contribution in [3.63, 3.8) is 0 Å². The van der Waals surface area contributed by atoms with Gasteiger partial charge in [0.15, 0.2) is 5.78 Å². The first-order valence-corrected chi connectivity index (χ1v) is 5.43. The van der Waals surface area contributed by atoms with Crippen LogP contribution >= 0.6 is 0 Å². The summed E-state index contributed by atoms with van der Waals surface area (Å²) in [6.07, 6.45) is 7.23. The quantitative estimate of drug-likeness (QED) is 0.641. The van der Waals surface area contributed by atoms with Crippen molar-refractivity contribution >= 4 is 5.78 Å². The summed E-state index contributed by atoms with van der Waals surface area (Å²) < 4.78 is 5.55. The lowest BCUT2D eigenvalue weighted by molar-refractivity contribution is -0.117. The molecule has 0 N–H and O–H groups in total. The molecule has 14 heavy (non-hydrogen) atoms. The van der Waals surface area contributed by atoms with E-state index in [2.05, 4.69) is 6.92 Å². The Morgan fingerprint density at radius 2 is 2.29 bits per heavy atom. The van der Waals surface area contributed by atoms with E-state index in [1.54, 1.807) is 7.11 Å². The molecule has 1 fully saturated rings. The molecule has 2 atom stereocenters. The normalized spacial score (nSPS) is 37.7. The van der Waals surface area contributed by atoms with Crippen molar-refractivity contribution in [1.82, 2.24) is 0 Å². The molecule has 0 aromatic heterocycles. The third kappa shape index (κ3) is 1.42. The summed E-state index contributed by atoms with van der Waals surface area (Å²) in [5, 5.41) is 0. The molecule has 1 saturated carbocycles. The minimum Gasteiger partial charge on any atom is -0.381 e. The van der Waals surface area contributed by atoms with E-state index in [4.69, 9.17) is 4.74 Å². The highest BCUT2D eigenvalue weighted by atomic mass is 16.5. The van der Waals surface area contributed by atoms with Gasteiger partial charge in [-0.3, -0.25) is 4.79 Å². The maximum absolute atomic E-state index is 11.3. The maximum atomic E-state index is 11.3. The summed E-state index contributed by atoms with van der Waals surface area (Å²) in [5.74, 6) is 0.300. The van der Waals surface area contributed by atoms with Gasteiger partial charge in [-0.2, -0.15) is 0 Å². The van der Waals surface area contributed by atoms with Crippen LogP contribution < -0.4 is 0 Å². The lowest BCUT2D eigenvalue weighted by Crippen LogP contribution is -2.41. The van der Waals surface area contributed by atoms with Crippen LogP contribution in [-0.2, 0) is 9.53 Å². The number of ketones is 1. The topological polar surface area (TPSA) is 26.3 Å². The predicted molar refractivity (Wildman–Crippen MR) is 55.1 cm³/mol. The number of hydrogen-bond donors (Lipinski definition) is 0. The fourth-order valence-corrected chi connectivity index (χ4v) is 2.87. The van der Waals surface area contributed by atoms with Gasteiger partial charge in [-0.15, -0.1) is 0 Å². The smallest absolute Gasteiger partial charge is 0.155 e. The van der Waals surface area contributed by atoms with Crippen molar-refractivity contribution in [3.8, 4) is 0 Å². The van der Waals surface area contributed by atoms with E-state index in [9.17, 15) is 4.79 Å². The molecule has 0 aromatic carbocycles. The van der Waals surface area contributed by atoms with Gasteiger partial charge in [0.2, 0.25) is 0 Å². The summed E-state index contributed by atoms with van der Waals surface area (Å²) in [7, 11) is 1.79. The van der Waals surface area contributed by atoms with Crippen LogP contribution in [0.4, 0.5) is 0 Å². The monoisotopic (exact) mass is 194 g/mol. The number of fused-ring (bicyclic) bond motifs is 1. The van der Waals surface area contributed by atoms with Crippen molar-refractivity contribution in [1.29, 1.82) is 0 Å². The van der Waals surface area contributed by atoms with Crippen LogP contribution in [0.15, 0.2) is 11.6 Å². The standard InChI is InChI=1S/C12H18O2/c1-12-7-6-10(13)8-9(12)4-3-5-11(12)14-2/h8,11H,3-7H2,1-2H3/t11-,12-/m0/s1. The molecule has 0 aromatic rings. The number of hydrogen-bond acceptors (Lipinski definition) is 2. The van der Waals surface area contributed by atoms with E-state index in [1.807, 2.05) is 6.08 Å². The van der Waals surface area contributed by atoms with Crippen LogP contribution in [0, 0.1) is 5.41 Å². The van der Waals surface area contributed by atoms with Crippen molar-refractivity contribution < 1.29 is 9.53 Å². The second-order valence-corrected chi connectivity index (χ2v) is 4.67. The molecule has 0 unspecified atom stereocenters. The van der Waals surface area contributed by atoms with Crippen molar-refractivity contribution in [2.24, 2.45) is 5.41 Å². The molecule has 0 aliphatic heterocycles. The zero-order valence-corrected chi connectivity index (χ0v) is 9.01. The second kappa shape index (κ2) is 3.50. The molecule has 2 nitrogen and oxygen atoms in total. The van der Waals surface area contributed by atoms with E-state index in [0.29, 0.717) is 18.3 Å². The van der Waals surface area contributed by atoms with E-state index in [-0.39, 0.29) is 5.41 Å². The summed E-state index contributed by atoms with van der Waals surface area (Å²) in [5.41, 5.74) is 1.47. The molecule has 0 saturated heterocycles. The van der Waals surface area contributed by atoms with Gasteiger partial charge in [-0.05, 0) is 31.8 Å². The van der Waals surface area contributed by atoms with Crippen LogP contribution in [0.3, 0.4) is 0 Å². The Morgan fingerprint density at radius 1 is 1.50 bits per heavy atom. The molecule has 78 valence electrons. The molecule has 0 heterocycles. The van der Waals surface area contributed by atoms with Crippen molar-refractivity contribution in [2.45, 2.75) is 45.1 Å². The molecule has 2 aliphatic carbocycles. The average molecular weight is 194 g/mol. The van der Waals surface area contributed by atoms with Gasteiger partial charge in [-0.1, -0.05) is 12.5 Å². The highest BCUT2D eigenvalue weighted by molar-refractivity contribution is 5.91. The van der Waals surface area contributed by atoms with Gasteiger partial charge in [0.25, 0.3) is 0 Å². The Labute approximate surface area is 85.3 Å². The molecule has 2 rings (SSSR count). The highest BCUT2D eigenvalue weighted by Crippen LogP contribution is 2.47. The number of allylic oxidation sites excluding steroid dienone is 1. The summed E-state index contributed by atoms with van der Waals surface area (Å²) in [6.45, 7) is 2.25. The number of methoxy groups -OCH3 is 1.